The van der Waals surface area contributed by atoms with Crippen LogP contribution >= 0.6 is 12.2 Å². The molecule has 0 aromatic heterocycles. The average Bonchev–Trinajstić information content (AvgIpc) is 3.14. The van der Waals surface area contributed by atoms with Gasteiger partial charge in [-0.15, -0.1) is 0 Å². The van der Waals surface area contributed by atoms with E-state index in [-0.39, 0.29) is 23.0 Å². The molecule has 0 unspecified atom stereocenters. The number of carbonyl (C=O) groups excluding carboxylic acids is 2. The maximum absolute atomic E-state index is 12.0. The Hall–Kier alpha value is -3.33. The molecule has 0 amide bonds. The zero-order valence-electron chi connectivity index (χ0n) is 14.5. The lowest BCUT2D eigenvalue weighted by Gasteiger charge is -2.14. The van der Waals surface area contributed by atoms with E-state index in [4.69, 9.17) is 31.2 Å². The van der Waals surface area contributed by atoms with E-state index in [0.29, 0.717) is 22.9 Å². The summed E-state index contributed by atoms with van der Waals surface area (Å²) in [6.07, 6.45) is 0. The number of methoxy groups -OCH3 is 2. The van der Waals surface area contributed by atoms with E-state index in [0.717, 1.165) is 0 Å². The smallest absolute Gasteiger partial charge is 0.339 e. The van der Waals surface area contributed by atoms with Gasteiger partial charge in [-0.25, -0.2) is 9.59 Å². The fourth-order valence-corrected chi connectivity index (χ4v) is 2.67. The number of carbonyl (C=O) groups is 2. The van der Waals surface area contributed by atoms with E-state index < -0.39 is 11.9 Å². The number of nitrogens with one attached hydrogen (secondary N) is 2. The minimum atomic E-state index is -0.570. The summed E-state index contributed by atoms with van der Waals surface area (Å²) in [7, 11) is 2.54. The highest BCUT2D eigenvalue weighted by Gasteiger charge is 2.17. The summed E-state index contributed by atoms with van der Waals surface area (Å²) < 4.78 is 20.0. The van der Waals surface area contributed by atoms with Crippen LogP contribution in [0.4, 0.5) is 11.4 Å². The quantitative estimate of drug-likeness (QED) is 0.605. The van der Waals surface area contributed by atoms with E-state index in [1.54, 1.807) is 18.2 Å². The Morgan fingerprint density at radius 2 is 1.70 bits per heavy atom. The third-order valence-corrected chi connectivity index (χ3v) is 3.93. The van der Waals surface area contributed by atoms with Crippen molar-refractivity contribution in [2.24, 2.45) is 0 Å². The van der Waals surface area contributed by atoms with Crippen LogP contribution in [0.1, 0.15) is 20.7 Å². The maximum Gasteiger partial charge on any atom is 0.339 e. The number of hydrogen-bond acceptors (Lipinski definition) is 7. The Bertz CT molecular complexity index is 915. The molecule has 1 aliphatic rings. The molecule has 1 heterocycles. The van der Waals surface area contributed by atoms with Crippen molar-refractivity contribution < 1.29 is 28.5 Å². The standard InChI is InChI=1S/C18H16N2O6S/c1-23-16(21)10-3-5-12(17(22)24-2)13(7-10)20-18(27)19-11-4-6-14-15(8-11)26-9-25-14/h3-8H,9H2,1-2H3,(H2,19,20,27). The van der Waals surface area contributed by atoms with Gasteiger partial charge in [-0.2, -0.15) is 0 Å². The first-order valence-corrected chi connectivity index (χ1v) is 8.21. The molecule has 2 aromatic rings. The van der Waals surface area contributed by atoms with Gasteiger partial charge in [-0.05, 0) is 42.5 Å². The first-order chi connectivity index (χ1) is 13.0. The first-order valence-electron chi connectivity index (χ1n) is 7.80. The van der Waals surface area contributed by atoms with Crippen LogP contribution in [0.15, 0.2) is 36.4 Å². The molecule has 0 saturated carbocycles. The van der Waals surface area contributed by atoms with Gasteiger partial charge >= 0.3 is 11.9 Å². The van der Waals surface area contributed by atoms with Gasteiger partial charge in [0.15, 0.2) is 16.6 Å². The molecule has 0 radical (unpaired) electrons. The van der Waals surface area contributed by atoms with Crippen LogP contribution in [0, 0.1) is 0 Å². The van der Waals surface area contributed by atoms with Gasteiger partial charge in [0.05, 0.1) is 31.0 Å². The van der Waals surface area contributed by atoms with Crippen LogP contribution in [-0.2, 0) is 9.47 Å². The Morgan fingerprint density at radius 1 is 0.963 bits per heavy atom. The van der Waals surface area contributed by atoms with Gasteiger partial charge in [0.25, 0.3) is 0 Å². The van der Waals surface area contributed by atoms with E-state index in [1.807, 2.05) is 0 Å². The minimum Gasteiger partial charge on any atom is -0.465 e. The summed E-state index contributed by atoms with van der Waals surface area (Å²) in [5, 5.41) is 6.09. The van der Waals surface area contributed by atoms with Crippen molar-refractivity contribution in [1.29, 1.82) is 0 Å². The molecule has 3 rings (SSSR count). The number of hydrogen-bond donors (Lipinski definition) is 2. The Balaban J connectivity index is 1.81. The Morgan fingerprint density at radius 3 is 2.44 bits per heavy atom. The number of fused-ring (bicyclic) bond motifs is 1. The number of rotatable bonds is 4. The minimum absolute atomic E-state index is 0.171. The monoisotopic (exact) mass is 388 g/mol. The zero-order chi connectivity index (χ0) is 19.4. The van der Waals surface area contributed by atoms with Crippen molar-refractivity contribution in [3.05, 3.63) is 47.5 Å². The van der Waals surface area contributed by atoms with Crippen molar-refractivity contribution in [2.75, 3.05) is 31.6 Å². The van der Waals surface area contributed by atoms with Crippen molar-refractivity contribution >= 4 is 40.6 Å². The molecule has 2 aromatic carbocycles. The highest BCUT2D eigenvalue weighted by Crippen LogP contribution is 2.34. The van der Waals surface area contributed by atoms with Crippen LogP contribution < -0.4 is 20.1 Å². The summed E-state index contributed by atoms with van der Waals surface area (Å²) >= 11 is 5.30. The maximum atomic E-state index is 12.0. The average molecular weight is 388 g/mol. The number of ether oxygens (including phenoxy) is 4. The summed E-state index contributed by atoms with van der Waals surface area (Å²) in [5.74, 6) is 0.146. The Kier molecular flexibility index (Phi) is 5.41. The molecular formula is C18H16N2O6S. The fourth-order valence-electron chi connectivity index (χ4n) is 2.44. The van der Waals surface area contributed by atoms with E-state index in [9.17, 15) is 9.59 Å². The van der Waals surface area contributed by atoms with Gasteiger partial charge in [0.1, 0.15) is 0 Å². The molecule has 27 heavy (non-hydrogen) atoms. The summed E-state index contributed by atoms with van der Waals surface area (Å²) in [4.78, 5) is 23.7. The van der Waals surface area contributed by atoms with Gasteiger partial charge in [-0.1, -0.05) is 0 Å². The third kappa shape index (κ3) is 4.09. The number of thiocarbonyl (C=S) groups is 1. The molecule has 0 spiro atoms. The molecule has 140 valence electrons. The topological polar surface area (TPSA) is 95.1 Å². The molecule has 0 aliphatic carbocycles. The lowest BCUT2D eigenvalue weighted by molar-refractivity contribution is 0.0587. The van der Waals surface area contributed by atoms with Crippen molar-refractivity contribution in [1.82, 2.24) is 0 Å². The largest absolute Gasteiger partial charge is 0.465 e. The Labute approximate surface area is 160 Å². The van der Waals surface area contributed by atoms with Crippen LogP contribution in [0.3, 0.4) is 0 Å². The second-order valence-corrected chi connectivity index (χ2v) is 5.80. The van der Waals surface area contributed by atoms with Gasteiger partial charge in [0.2, 0.25) is 6.79 Å². The normalized spacial score (nSPS) is 11.5. The van der Waals surface area contributed by atoms with Crippen molar-refractivity contribution in [3.63, 3.8) is 0 Å². The summed E-state index contributed by atoms with van der Waals surface area (Å²) in [5.41, 5.74) is 1.46. The lowest BCUT2D eigenvalue weighted by Crippen LogP contribution is -2.21. The lowest BCUT2D eigenvalue weighted by atomic mass is 10.1. The highest BCUT2D eigenvalue weighted by molar-refractivity contribution is 7.80. The van der Waals surface area contributed by atoms with E-state index >= 15 is 0 Å². The molecule has 8 nitrogen and oxygen atoms in total. The molecule has 9 heteroatoms. The highest BCUT2D eigenvalue weighted by atomic mass is 32.1. The first kappa shape index (κ1) is 18.5. The van der Waals surface area contributed by atoms with E-state index in [1.165, 1.54) is 32.4 Å². The van der Waals surface area contributed by atoms with Crippen molar-refractivity contribution in [2.45, 2.75) is 0 Å². The van der Waals surface area contributed by atoms with Crippen molar-refractivity contribution in [3.8, 4) is 11.5 Å². The van der Waals surface area contributed by atoms with Crippen LogP contribution in [0.25, 0.3) is 0 Å². The SMILES string of the molecule is COC(=O)c1ccc(C(=O)OC)c(NC(=S)Nc2ccc3c(c2)OCO3)c1. The van der Waals surface area contributed by atoms with Crippen LogP contribution in [0.5, 0.6) is 11.5 Å². The fraction of sp³-hybridized carbons (Fsp3) is 0.167. The number of benzene rings is 2. The van der Waals surface area contributed by atoms with Crippen LogP contribution in [-0.4, -0.2) is 38.1 Å². The molecule has 0 fully saturated rings. The zero-order valence-corrected chi connectivity index (χ0v) is 15.3. The van der Waals surface area contributed by atoms with Gasteiger partial charge < -0.3 is 29.6 Å². The predicted molar refractivity (Wildman–Crippen MR) is 102 cm³/mol. The number of anilines is 2. The second kappa shape index (κ2) is 7.92. The third-order valence-electron chi connectivity index (χ3n) is 3.72. The number of esters is 2. The summed E-state index contributed by atoms with van der Waals surface area (Å²) in [6, 6.07) is 9.66. The van der Waals surface area contributed by atoms with Gasteiger partial charge in [-0.3, -0.25) is 0 Å². The molecule has 2 N–H and O–H groups in total. The molecule has 0 saturated heterocycles. The predicted octanol–water partition coefficient (Wildman–Crippen LogP) is 2.80. The molecule has 1 aliphatic heterocycles. The van der Waals surface area contributed by atoms with E-state index in [2.05, 4.69) is 10.6 Å². The van der Waals surface area contributed by atoms with Crippen LogP contribution in [0.2, 0.25) is 0 Å². The second-order valence-electron chi connectivity index (χ2n) is 5.39. The summed E-state index contributed by atoms with van der Waals surface area (Å²) in [6.45, 7) is 0.171. The molecule has 0 atom stereocenters. The molecular weight excluding hydrogens is 372 g/mol. The van der Waals surface area contributed by atoms with Gasteiger partial charge in [0, 0.05) is 11.8 Å². The molecule has 0 bridgehead atoms.